The van der Waals surface area contributed by atoms with Gasteiger partial charge < -0.3 is 11.1 Å². The van der Waals surface area contributed by atoms with E-state index in [4.69, 9.17) is 5.73 Å². The molecular weight excluding hydrogens is 288 g/mol. The van der Waals surface area contributed by atoms with E-state index in [-0.39, 0.29) is 5.91 Å². The van der Waals surface area contributed by atoms with Gasteiger partial charge in [0.1, 0.15) is 5.01 Å². The molecule has 114 valence electrons. The highest BCUT2D eigenvalue weighted by Crippen LogP contribution is 2.25. The van der Waals surface area contributed by atoms with Crippen LogP contribution in [0.4, 0.5) is 5.13 Å². The summed E-state index contributed by atoms with van der Waals surface area (Å²) in [6.45, 7) is 8.51. The van der Waals surface area contributed by atoms with Crippen LogP contribution in [0.2, 0.25) is 0 Å². The van der Waals surface area contributed by atoms with Gasteiger partial charge in [-0.1, -0.05) is 18.3 Å². The molecule has 0 aromatic carbocycles. The number of nitrogens with zero attached hydrogens (tertiary/aromatic N) is 4. The lowest BCUT2D eigenvalue weighted by Gasteiger charge is -2.23. The fourth-order valence-electron chi connectivity index (χ4n) is 2.00. The molecule has 1 amide bonds. The highest BCUT2D eigenvalue weighted by molar-refractivity contribution is 7.15. The Hall–Kier alpha value is -1.96. The van der Waals surface area contributed by atoms with Crippen LogP contribution in [0.3, 0.4) is 0 Å². The molecule has 7 nitrogen and oxygen atoms in total. The smallest absolute Gasteiger partial charge is 0.255 e. The Morgan fingerprint density at radius 1 is 1.48 bits per heavy atom. The van der Waals surface area contributed by atoms with Crippen LogP contribution in [0.15, 0.2) is 6.20 Å². The van der Waals surface area contributed by atoms with Gasteiger partial charge in [0.2, 0.25) is 5.13 Å². The lowest BCUT2D eigenvalue weighted by Crippen LogP contribution is -2.41. The number of hydrogen-bond donors (Lipinski definition) is 2. The van der Waals surface area contributed by atoms with E-state index in [1.807, 2.05) is 25.5 Å². The zero-order valence-electron chi connectivity index (χ0n) is 12.7. The van der Waals surface area contributed by atoms with Crippen LogP contribution in [-0.4, -0.2) is 25.9 Å². The third kappa shape index (κ3) is 3.21. The molecule has 0 aliphatic carbocycles. The fraction of sp³-hybridized carbons (Fsp3) is 0.538. The number of nitrogen functional groups attached to an aromatic ring is 1. The quantitative estimate of drug-likeness (QED) is 0.876. The van der Waals surface area contributed by atoms with Gasteiger partial charge >= 0.3 is 0 Å². The van der Waals surface area contributed by atoms with Crippen molar-refractivity contribution in [2.75, 3.05) is 5.73 Å². The van der Waals surface area contributed by atoms with Crippen LogP contribution in [0.1, 0.15) is 48.3 Å². The molecule has 2 aromatic rings. The molecular formula is C13H20N6OS. The second-order valence-electron chi connectivity index (χ2n) is 5.39. The number of aromatic nitrogens is 4. The first-order chi connectivity index (χ1) is 9.85. The van der Waals surface area contributed by atoms with Crippen molar-refractivity contribution >= 4 is 22.4 Å². The molecule has 2 aromatic heterocycles. The van der Waals surface area contributed by atoms with Crippen molar-refractivity contribution in [1.82, 2.24) is 25.3 Å². The van der Waals surface area contributed by atoms with E-state index < -0.39 is 5.54 Å². The lowest BCUT2D eigenvalue weighted by atomic mass is 10.1. The molecule has 0 atom stereocenters. The lowest BCUT2D eigenvalue weighted by molar-refractivity contribution is 0.0911. The number of nitrogens with two attached hydrogens (primary N) is 1. The molecule has 0 saturated heterocycles. The van der Waals surface area contributed by atoms with Gasteiger partial charge in [0.25, 0.3) is 5.91 Å². The number of carbonyl (C=O) groups is 1. The molecule has 2 rings (SSSR count). The third-order valence-corrected chi connectivity index (χ3v) is 4.26. The normalized spacial score (nSPS) is 11.6. The maximum atomic E-state index is 12.4. The summed E-state index contributed by atoms with van der Waals surface area (Å²) < 4.78 is 1.84. The van der Waals surface area contributed by atoms with Gasteiger partial charge in [0.15, 0.2) is 0 Å². The molecule has 0 saturated carbocycles. The van der Waals surface area contributed by atoms with Gasteiger partial charge in [0, 0.05) is 12.2 Å². The summed E-state index contributed by atoms with van der Waals surface area (Å²) in [6.07, 6.45) is 2.57. The van der Waals surface area contributed by atoms with E-state index >= 15 is 0 Å². The van der Waals surface area contributed by atoms with E-state index in [2.05, 4.69) is 27.5 Å². The number of carbonyl (C=O) groups excluding carboxylic acids is 1. The highest BCUT2D eigenvalue weighted by atomic mass is 32.1. The summed E-state index contributed by atoms with van der Waals surface area (Å²) in [7, 11) is 0. The predicted octanol–water partition coefficient (Wildman–Crippen LogP) is 1.70. The van der Waals surface area contributed by atoms with Gasteiger partial charge in [-0.25, -0.2) is 0 Å². The second-order valence-corrected chi connectivity index (χ2v) is 6.40. The topological polar surface area (TPSA) is 98.7 Å². The Morgan fingerprint density at radius 3 is 2.76 bits per heavy atom. The number of aryl methyl sites for hydroxylation is 1. The molecule has 3 N–H and O–H groups in total. The maximum Gasteiger partial charge on any atom is 0.255 e. The molecule has 8 heteroatoms. The standard InChI is InChI=1S/C13H20N6OS/c1-5-6-19-8(2)9(7-15-19)10(20)16-13(3,4)11-17-18-12(14)21-11/h7H,5-6H2,1-4H3,(H2,14,18)(H,16,20). The van der Waals surface area contributed by atoms with Crippen molar-refractivity contribution in [3.8, 4) is 0 Å². The van der Waals surface area contributed by atoms with Crippen LogP contribution in [0.5, 0.6) is 0 Å². The Bertz CT molecular complexity index is 645. The average Bonchev–Trinajstić information content (AvgIpc) is 2.97. The Morgan fingerprint density at radius 2 is 2.19 bits per heavy atom. The van der Waals surface area contributed by atoms with Crippen LogP contribution in [0, 0.1) is 6.92 Å². The first kappa shape index (κ1) is 15.4. The monoisotopic (exact) mass is 308 g/mol. The van der Waals surface area contributed by atoms with E-state index in [0.29, 0.717) is 15.7 Å². The Labute approximate surface area is 127 Å². The van der Waals surface area contributed by atoms with Crippen molar-refractivity contribution in [3.05, 3.63) is 22.5 Å². The summed E-state index contributed by atoms with van der Waals surface area (Å²) in [5, 5.41) is 16.1. The minimum Gasteiger partial charge on any atom is -0.374 e. The SMILES string of the molecule is CCCn1ncc(C(=O)NC(C)(C)c2nnc(N)s2)c1C. The maximum absolute atomic E-state index is 12.4. The molecule has 0 unspecified atom stereocenters. The molecule has 21 heavy (non-hydrogen) atoms. The van der Waals surface area contributed by atoms with Crippen LogP contribution < -0.4 is 11.1 Å². The largest absolute Gasteiger partial charge is 0.374 e. The minimum atomic E-state index is -0.633. The fourth-order valence-corrected chi connectivity index (χ4v) is 2.67. The first-order valence-corrected chi connectivity index (χ1v) is 7.61. The predicted molar refractivity (Wildman–Crippen MR) is 82.1 cm³/mol. The zero-order valence-corrected chi connectivity index (χ0v) is 13.5. The highest BCUT2D eigenvalue weighted by Gasteiger charge is 2.28. The zero-order chi connectivity index (χ0) is 15.6. The van der Waals surface area contributed by atoms with Crippen LogP contribution >= 0.6 is 11.3 Å². The van der Waals surface area contributed by atoms with Crippen molar-refractivity contribution in [3.63, 3.8) is 0 Å². The van der Waals surface area contributed by atoms with Gasteiger partial charge in [-0.3, -0.25) is 9.48 Å². The number of amides is 1. The Kier molecular flexibility index (Phi) is 4.26. The molecule has 0 aliphatic heterocycles. The number of nitrogens with one attached hydrogen (secondary N) is 1. The van der Waals surface area contributed by atoms with E-state index in [1.165, 1.54) is 11.3 Å². The number of rotatable bonds is 5. The van der Waals surface area contributed by atoms with Crippen LogP contribution in [0.25, 0.3) is 0 Å². The third-order valence-electron chi connectivity index (χ3n) is 3.18. The molecule has 2 heterocycles. The number of anilines is 1. The van der Waals surface area contributed by atoms with Crippen molar-refractivity contribution < 1.29 is 4.79 Å². The van der Waals surface area contributed by atoms with Gasteiger partial charge in [0.05, 0.1) is 17.3 Å². The van der Waals surface area contributed by atoms with Gasteiger partial charge in [-0.05, 0) is 27.2 Å². The second kappa shape index (κ2) is 5.80. The number of hydrogen-bond acceptors (Lipinski definition) is 6. The minimum absolute atomic E-state index is 0.173. The van der Waals surface area contributed by atoms with Crippen molar-refractivity contribution in [2.24, 2.45) is 0 Å². The summed E-state index contributed by atoms with van der Waals surface area (Å²) >= 11 is 1.27. The van der Waals surface area contributed by atoms with Crippen LogP contribution in [-0.2, 0) is 12.1 Å². The van der Waals surface area contributed by atoms with Crippen molar-refractivity contribution in [2.45, 2.75) is 46.2 Å². The molecule has 0 fully saturated rings. The van der Waals surface area contributed by atoms with E-state index in [0.717, 1.165) is 18.7 Å². The molecule has 0 radical (unpaired) electrons. The summed E-state index contributed by atoms with van der Waals surface area (Å²) in [6, 6.07) is 0. The average molecular weight is 308 g/mol. The van der Waals surface area contributed by atoms with Crippen molar-refractivity contribution in [1.29, 1.82) is 0 Å². The molecule has 0 aliphatic rings. The van der Waals surface area contributed by atoms with E-state index in [9.17, 15) is 4.79 Å². The Balaban J connectivity index is 2.17. The van der Waals surface area contributed by atoms with E-state index in [1.54, 1.807) is 6.20 Å². The molecule has 0 spiro atoms. The summed E-state index contributed by atoms with van der Waals surface area (Å²) in [4.78, 5) is 12.4. The first-order valence-electron chi connectivity index (χ1n) is 6.79. The van der Waals surface area contributed by atoms with Gasteiger partial charge in [-0.2, -0.15) is 5.10 Å². The molecule has 0 bridgehead atoms. The summed E-state index contributed by atoms with van der Waals surface area (Å²) in [5.41, 5.74) is 6.40. The summed E-state index contributed by atoms with van der Waals surface area (Å²) in [5.74, 6) is -0.173. The van der Waals surface area contributed by atoms with Gasteiger partial charge in [-0.15, -0.1) is 10.2 Å².